The Kier molecular flexibility index (Phi) is 7.13. The van der Waals surface area contributed by atoms with Gasteiger partial charge in [-0.05, 0) is 54.8 Å². The van der Waals surface area contributed by atoms with E-state index in [1.165, 1.54) is 0 Å². The van der Waals surface area contributed by atoms with E-state index in [2.05, 4.69) is 21.4 Å². The average Bonchev–Trinajstić information content (AvgIpc) is 3.22. The van der Waals surface area contributed by atoms with Gasteiger partial charge >= 0.3 is 5.97 Å². The second-order valence-electron chi connectivity index (χ2n) is 7.98. The molecule has 3 heterocycles. The second-order valence-corrected chi connectivity index (χ2v) is 8.42. The zero-order valence-corrected chi connectivity index (χ0v) is 19.5. The van der Waals surface area contributed by atoms with Crippen molar-refractivity contribution in [2.45, 2.75) is 26.2 Å². The number of hydrogen-bond donors (Lipinski definition) is 3. The molecule has 0 saturated carbocycles. The summed E-state index contributed by atoms with van der Waals surface area (Å²) in [5.41, 5.74) is 4.35. The molecule has 0 bridgehead atoms. The van der Waals surface area contributed by atoms with E-state index in [1.54, 1.807) is 29.4 Å². The minimum absolute atomic E-state index is 0.0255. The molecule has 3 N–H and O–H groups in total. The molecule has 1 aliphatic heterocycles. The topological polar surface area (TPSA) is 98.3 Å². The van der Waals surface area contributed by atoms with Crippen molar-refractivity contribution in [3.05, 3.63) is 83.1 Å². The second kappa shape index (κ2) is 10.4. The molecular weight excluding hydrogens is 452 g/mol. The van der Waals surface area contributed by atoms with Crippen LogP contribution in [0.25, 0.3) is 10.9 Å². The van der Waals surface area contributed by atoms with Crippen molar-refractivity contribution in [3.63, 3.8) is 0 Å². The largest absolute Gasteiger partial charge is 0.481 e. The molecule has 5 rings (SSSR count). The first-order chi connectivity index (χ1) is 16.4. The van der Waals surface area contributed by atoms with Gasteiger partial charge < -0.3 is 20.3 Å². The number of carbonyl (C=O) groups is 2. The van der Waals surface area contributed by atoms with E-state index in [4.69, 9.17) is 16.7 Å². The number of carboxylic acid groups (broad SMARTS) is 1. The number of carboxylic acids is 1. The van der Waals surface area contributed by atoms with Crippen LogP contribution in [0.2, 0.25) is 5.02 Å². The third kappa shape index (κ3) is 5.38. The SMILES string of the molecule is CCCC(=O)O.O=C1c2ccc(Cl)cc2CCN1c1cncc(Nc2cc3ccccc3[nH]2)c1. The lowest BCUT2D eigenvalue weighted by Gasteiger charge is -2.28. The molecule has 34 heavy (non-hydrogen) atoms. The van der Waals surface area contributed by atoms with E-state index in [0.29, 0.717) is 23.6 Å². The third-order valence-corrected chi connectivity index (χ3v) is 5.69. The Labute approximate surface area is 202 Å². The van der Waals surface area contributed by atoms with Gasteiger partial charge in [0, 0.05) is 34.5 Å². The van der Waals surface area contributed by atoms with Crippen LogP contribution >= 0.6 is 11.6 Å². The molecule has 1 aliphatic rings. The summed E-state index contributed by atoms with van der Waals surface area (Å²) >= 11 is 6.06. The summed E-state index contributed by atoms with van der Waals surface area (Å²) in [4.78, 5) is 32.0. The first-order valence-electron chi connectivity index (χ1n) is 11.1. The number of fused-ring (bicyclic) bond motifs is 2. The van der Waals surface area contributed by atoms with Crippen molar-refractivity contribution in [2.75, 3.05) is 16.8 Å². The summed E-state index contributed by atoms with van der Waals surface area (Å²) in [5.74, 6) is 0.144. The fourth-order valence-corrected chi connectivity index (χ4v) is 4.05. The fourth-order valence-electron chi connectivity index (χ4n) is 3.86. The van der Waals surface area contributed by atoms with Crippen molar-refractivity contribution >= 4 is 51.6 Å². The van der Waals surface area contributed by atoms with Gasteiger partial charge in [0.15, 0.2) is 0 Å². The minimum Gasteiger partial charge on any atom is -0.481 e. The number of carbonyl (C=O) groups excluding carboxylic acids is 1. The molecule has 2 aromatic heterocycles. The fraction of sp³-hybridized carbons (Fsp3) is 0.192. The van der Waals surface area contributed by atoms with Crippen LogP contribution in [-0.4, -0.2) is 33.5 Å². The number of aromatic nitrogens is 2. The first-order valence-corrected chi connectivity index (χ1v) is 11.4. The summed E-state index contributed by atoms with van der Waals surface area (Å²) < 4.78 is 0. The molecule has 0 atom stereocenters. The number of nitrogens with one attached hydrogen (secondary N) is 2. The van der Waals surface area contributed by atoms with Crippen molar-refractivity contribution in [2.24, 2.45) is 0 Å². The van der Waals surface area contributed by atoms with Gasteiger partial charge in [-0.15, -0.1) is 0 Å². The van der Waals surface area contributed by atoms with Crippen LogP contribution in [0.1, 0.15) is 35.7 Å². The third-order valence-electron chi connectivity index (χ3n) is 5.46. The van der Waals surface area contributed by atoms with E-state index >= 15 is 0 Å². The number of para-hydroxylation sites is 1. The number of benzene rings is 2. The molecule has 174 valence electrons. The number of anilines is 3. The Morgan fingerprint density at radius 1 is 1.18 bits per heavy atom. The Balaban J connectivity index is 0.000000408. The maximum atomic E-state index is 12.9. The van der Waals surface area contributed by atoms with E-state index in [-0.39, 0.29) is 5.91 Å². The lowest BCUT2D eigenvalue weighted by Crippen LogP contribution is -2.37. The van der Waals surface area contributed by atoms with Crippen LogP contribution in [0, 0.1) is 0 Å². The highest BCUT2D eigenvalue weighted by molar-refractivity contribution is 6.30. The molecule has 0 saturated heterocycles. The Morgan fingerprint density at radius 3 is 2.74 bits per heavy atom. The first kappa shape index (κ1) is 23.3. The number of H-pyrrole nitrogens is 1. The van der Waals surface area contributed by atoms with Crippen molar-refractivity contribution in [1.29, 1.82) is 0 Å². The quantitative estimate of drug-likeness (QED) is 0.326. The van der Waals surface area contributed by atoms with Gasteiger partial charge in [0.2, 0.25) is 0 Å². The van der Waals surface area contributed by atoms with E-state index in [0.717, 1.165) is 46.5 Å². The van der Waals surface area contributed by atoms with Gasteiger partial charge in [0.05, 0.1) is 23.8 Å². The molecule has 0 fully saturated rings. The van der Waals surface area contributed by atoms with Crippen molar-refractivity contribution in [1.82, 2.24) is 9.97 Å². The monoisotopic (exact) mass is 476 g/mol. The van der Waals surface area contributed by atoms with Crippen molar-refractivity contribution in [3.8, 4) is 0 Å². The predicted octanol–water partition coefficient (Wildman–Crippen LogP) is 6.03. The summed E-state index contributed by atoms with van der Waals surface area (Å²) in [6, 6.07) is 17.5. The average molecular weight is 477 g/mol. The molecule has 0 unspecified atom stereocenters. The van der Waals surface area contributed by atoms with Gasteiger partial charge in [0.1, 0.15) is 5.82 Å². The highest BCUT2D eigenvalue weighted by Gasteiger charge is 2.26. The summed E-state index contributed by atoms with van der Waals surface area (Å²) in [6.45, 7) is 2.44. The Morgan fingerprint density at radius 2 is 2.00 bits per heavy atom. The zero-order valence-electron chi connectivity index (χ0n) is 18.7. The van der Waals surface area contributed by atoms with Crippen LogP contribution in [0.15, 0.2) is 67.0 Å². The molecule has 1 amide bonds. The number of hydrogen-bond acceptors (Lipinski definition) is 4. The van der Waals surface area contributed by atoms with E-state index < -0.39 is 5.97 Å². The van der Waals surface area contributed by atoms with Gasteiger partial charge in [0.25, 0.3) is 5.91 Å². The number of aromatic amines is 1. The summed E-state index contributed by atoms with van der Waals surface area (Å²) in [6.07, 6.45) is 5.25. The van der Waals surface area contributed by atoms with Crippen LogP contribution in [0.3, 0.4) is 0 Å². The number of rotatable bonds is 5. The van der Waals surface area contributed by atoms with E-state index in [9.17, 15) is 9.59 Å². The van der Waals surface area contributed by atoms with Gasteiger partial charge in [-0.3, -0.25) is 14.6 Å². The van der Waals surface area contributed by atoms with Crippen LogP contribution < -0.4 is 10.2 Å². The maximum absolute atomic E-state index is 12.9. The number of pyridine rings is 1. The Hall–Kier alpha value is -3.84. The lowest BCUT2D eigenvalue weighted by atomic mass is 9.99. The van der Waals surface area contributed by atoms with E-state index in [1.807, 2.05) is 43.3 Å². The molecular formula is C26H25ClN4O3. The van der Waals surface area contributed by atoms with Gasteiger partial charge in [-0.25, -0.2) is 0 Å². The van der Waals surface area contributed by atoms with Crippen LogP contribution in [-0.2, 0) is 11.2 Å². The molecule has 0 radical (unpaired) electrons. The predicted molar refractivity (Wildman–Crippen MR) is 135 cm³/mol. The molecule has 8 heteroatoms. The maximum Gasteiger partial charge on any atom is 0.303 e. The number of nitrogens with zero attached hydrogens (tertiary/aromatic N) is 2. The molecule has 7 nitrogen and oxygen atoms in total. The number of amides is 1. The summed E-state index contributed by atoms with van der Waals surface area (Å²) in [7, 11) is 0. The number of halogens is 1. The zero-order chi connectivity index (χ0) is 24.1. The standard InChI is InChI=1S/C22H17ClN4O.C4H8O2/c23-16-5-6-19-14(9-16)7-8-27(22(19)28)18-11-17(12-24-13-18)25-21-10-15-3-1-2-4-20(15)26-21;1-2-3-4(5)6/h1-6,9-13,25-26H,7-8H2;2-3H2,1H3,(H,5,6). The highest BCUT2D eigenvalue weighted by Crippen LogP contribution is 2.29. The number of aliphatic carboxylic acids is 1. The molecule has 0 aliphatic carbocycles. The van der Waals surface area contributed by atoms with Gasteiger partial charge in [-0.2, -0.15) is 0 Å². The normalized spacial score (nSPS) is 12.6. The Bertz CT molecular complexity index is 1300. The summed E-state index contributed by atoms with van der Waals surface area (Å²) in [5, 5.41) is 13.0. The van der Waals surface area contributed by atoms with Crippen LogP contribution in [0.5, 0.6) is 0 Å². The molecule has 4 aromatic rings. The smallest absolute Gasteiger partial charge is 0.303 e. The highest BCUT2D eigenvalue weighted by atomic mass is 35.5. The van der Waals surface area contributed by atoms with Gasteiger partial charge in [-0.1, -0.05) is 36.7 Å². The van der Waals surface area contributed by atoms with Crippen molar-refractivity contribution < 1.29 is 14.7 Å². The van der Waals surface area contributed by atoms with Crippen LogP contribution in [0.4, 0.5) is 17.2 Å². The molecule has 0 spiro atoms. The lowest BCUT2D eigenvalue weighted by molar-refractivity contribution is -0.137. The minimum atomic E-state index is -0.711. The molecule has 2 aromatic carbocycles.